The minimum absolute atomic E-state index is 0.0326. The second-order valence-corrected chi connectivity index (χ2v) is 15.0. The summed E-state index contributed by atoms with van der Waals surface area (Å²) in [5, 5.41) is 13.8. The summed E-state index contributed by atoms with van der Waals surface area (Å²) >= 11 is 0. The lowest BCUT2D eigenvalue weighted by Crippen LogP contribution is -2.39. The zero-order valence-electron chi connectivity index (χ0n) is 32.2. The fraction of sp³-hybridized carbons (Fsp3) is 0.333. The molecule has 0 amide bonds. The highest BCUT2D eigenvalue weighted by molar-refractivity contribution is 5.67. The molecule has 0 fully saturated rings. The van der Waals surface area contributed by atoms with Crippen molar-refractivity contribution >= 4 is 22.8 Å². The van der Waals surface area contributed by atoms with Gasteiger partial charge in [-0.2, -0.15) is 0 Å². The number of hydrogen-bond acceptors (Lipinski definition) is 6. The smallest absolute Gasteiger partial charge is 0.134 e. The van der Waals surface area contributed by atoms with Crippen LogP contribution in [-0.4, -0.2) is 12.1 Å². The minimum atomic E-state index is -0.557. The van der Waals surface area contributed by atoms with Gasteiger partial charge in [-0.3, -0.25) is 0 Å². The zero-order chi connectivity index (χ0) is 38.7. The summed E-state index contributed by atoms with van der Waals surface area (Å²) < 4.78 is 28.9. The molecule has 53 heavy (non-hydrogen) atoms. The Bertz CT molecular complexity index is 1910. The van der Waals surface area contributed by atoms with Crippen molar-refractivity contribution < 1.29 is 8.78 Å². The van der Waals surface area contributed by atoms with Crippen molar-refractivity contribution in [3.63, 3.8) is 0 Å². The number of allylic oxidation sites excluding steroid dienone is 2. The Balaban J connectivity index is 1.24. The van der Waals surface area contributed by atoms with E-state index in [0.29, 0.717) is 30.3 Å². The first kappa shape index (κ1) is 40.7. The van der Waals surface area contributed by atoms with Crippen LogP contribution in [0.1, 0.15) is 79.0 Å². The number of nitrogens with two attached hydrogens (primary N) is 2. The molecule has 8 N–H and O–H groups in total. The Morgan fingerprint density at radius 1 is 0.887 bits per heavy atom. The van der Waals surface area contributed by atoms with E-state index >= 15 is 0 Å². The van der Waals surface area contributed by atoms with E-state index in [1.54, 1.807) is 6.92 Å². The molecule has 0 aliphatic carbocycles. The second-order valence-electron chi connectivity index (χ2n) is 15.0. The van der Waals surface area contributed by atoms with Gasteiger partial charge in [0.1, 0.15) is 11.6 Å². The van der Waals surface area contributed by atoms with Crippen molar-refractivity contribution in [3.05, 3.63) is 155 Å². The Hall–Kier alpha value is -5.08. The van der Waals surface area contributed by atoms with Crippen LogP contribution in [0.3, 0.4) is 0 Å². The van der Waals surface area contributed by atoms with Gasteiger partial charge in [0.2, 0.25) is 0 Å². The van der Waals surface area contributed by atoms with Crippen molar-refractivity contribution in [3.8, 4) is 0 Å². The highest BCUT2D eigenvalue weighted by Crippen LogP contribution is 2.26. The summed E-state index contributed by atoms with van der Waals surface area (Å²) in [4.78, 5) is 0. The number of anilines is 3. The van der Waals surface area contributed by atoms with Crippen molar-refractivity contribution in [2.75, 3.05) is 22.9 Å². The van der Waals surface area contributed by atoms with Gasteiger partial charge in [0.25, 0.3) is 0 Å². The number of nitrogen functional groups attached to an aromatic ring is 1. The SMILES string of the molecule is C=C(CC(C)CCC(C)(C)NC(=C)Cc1ccccc1CCNC(=C)c1ccc(C)c(NCc2c(F)ccc(C)c2F)c1)Nc1cc(N)cc(CN)c1. The molecule has 1 unspecified atom stereocenters. The Morgan fingerprint density at radius 3 is 2.34 bits per heavy atom. The molecule has 0 saturated carbocycles. The maximum atomic E-state index is 14.6. The number of rotatable bonds is 20. The molecule has 0 aliphatic rings. The standard InChI is InChI=1S/C45H58F2N6/c1-29(21-32(4)52-40-24-35(27-48)23-39(49)26-40)17-19-45(7,8)53-33(5)22-38-12-10-9-11-36(38)18-20-50-34(6)37-15-13-30(2)43(25-37)51-28-41-42(46)16-14-31(3)44(41)47/h9-16,23-26,29,50-53H,4-6,17-22,27-28,48-49H2,1-3,7-8H3. The summed E-state index contributed by atoms with van der Waals surface area (Å²) in [6.07, 6.45) is 4.42. The number of halogens is 2. The van der Waals surface area contributed by atoms with E-state index in [0.717, 1.165) is 77.3 Å². The third-order valence-corrected chi connectivity index (χ3v) is 9.62. The van der Waals surface area contributed by atoms with E-state index in [9.17, 15) is 8.78 Å². The Labute approximate surface area is 315 Å². The van der Waals surface area contributed by atoms with E-state index in [-0.39, 0.29) is 17.6 Å². The molecule has 8 heteroatoms. The van der Waals surface area contributed by atoms with Crippen LogP contribution < -0.4 is 32.7 Å². The van der Waals surface area contributed by atoms with Gasteiger partial charge < -0.3 is 32.7 Å². The lowest BCUT2D eigenvalue weighted by Gasteiger charge is -2.30. The third-order valence-electron chi connectivity index (χ3n) is 9.62. The van der Waals surface area contributed by atoms with Crippen molar-refractivity contribution in [1.82, 2.24) is 10.6 Å². The fourth-order valence-corrected chi connectivity index (χ4v) is 6.59. The van der Waals surface area contributed by atoms with Crippen molar-refractivity contribution in [2.24, 2.45) is 11.7 Å². The quantitative estimate of drug-likeness (QED) is 0.0509. The van der Waals surface area contributed by atoms with E-state index in [1.807, 2.05) is 43.3 Å². The van der Waals surface area contributed by atoms with Crippen LogP contribution in [0.5, 0.6) is 0 Å². The molecule has 282 valence electrons. The Morgan fingerprint density at radius 2 is 1.60 bits per heavy atom. The summed E-state index contributed by atoms with van der Waals surface area (Å²) in [6, 6.07) is 23.0. The number of nitrogens with one attached hydrogen (secondary N) is 4. The average Bonchev–Trinajstić information content (AvgIpc) is 3.09. The summed E-state index contributed by atoms with van der Waals surface area (Å²) in [6.45, 7) is 24.4. The molecule has 6 nitrogen and oxygen atoms in total. The van der Waals surface area contributed by atoms with Gasteiger partial charge in [-0.25, -0.2) is 8.78 Å². The molecule has 0 saturated heterocycles. The molecule has 0 aliphatic heterocycles. The molecule has 0 spiro atoms. The molecule has 4 rings (SSSR count). The van der Waals surface area contributed by atoms with Crippen LogP contribution in [0.4, 0.5) is 25.8 Å². The van der Waals surface area contributed by atoms with E-state index in [4.69, 9.17) is 11.5 Å². The molecule has 0 bridgehead atoms. The fourth-order valence-electron chi connectivity index (χ4n) is 6.59. The zero-order valence-corrected chi connectivity index (χ0v) is 32.2. The van der Waals surface area contributed by atoms with E-state index in [2.05, 4.69) is 86.0 Å². The topological polar surface area (TPSA) is 100 Å². The van der Waals surface area contributed by atoms with Gasteiger partial charge in [-0.1, -0.05) is 69.1 Å². The predicted molar refractivity (Wildman–Crippen MR) is 221 cm³/mol. The lowest BCUT2D eigenvalue weighted by atomic mass is 9.90. The largest absolute Gasteiger partial charge is 0.399 e. The van der Waals surface area contributed by atoms with Crippen molar-refractivity contribution in [2.45, 2.75) is 85.4 Å². The molecule has 4 aromatic rings. The van der Waals surface area contributed by atoms with Crippen LogP contribution in [0.2, 0.25) is 0 Å². The summed E-state index contributed by atoms with van der Waals surface area (Å²) in [7, 11) is 0. The van der Waals surface area contributed by atoms with Gasteiger partial charge >= 0.3 is 0 Å². The molecular formula is C45H58F2N6. The van der Waals surface area contributed by atoms with E-state index in [1.165, 1.54) is 23.3 Å². The maximum absolute atomic E-state index is 14.6. The molecule has 0 heterocycles. The van der Waals surface area contributed by atoms with Gasteiger partial charge in [-0.15, -0.1) is 0 Å². The monoisotopic (exact) mass is 720 g/mol. The molecule has 0 radical (unpaired) electrons. The normalized spacial score (nSPS) is 11.8. The first-order chi connectivity index (χ1) is 25.1. The minimum Gasteiger partial charge on any atom is -0.399 e. The molecular weight excluding hydrogens is 663 g/mol. The average molecular weight is 721 g/mol. The summed E-state index contributed by atoms with van der Waals surface area (Å²) in [5.41, 5.74) is 22.7. The first-order valence-corrected chi connectivity index (χ1v) is 18.4. The predicted octanol–water partition coefficient (Wildman–Crippen LogP) is 9.89. The highest BCUT2D eigenvalue weighted by Gasteiger charge is 2.20. The van der Waals surface area contributed by atoms with Crippen LogP contribution in [0, 0.1) is 31.4 Å². The maximum Gasteiger partial charge on any atom is 0.134 e. The number of benzene rings is 4. The van der Waals surface area contributed by atoms with Gasteiger partial charge in [0.15, 0.2) is 0 Å². The van der Waals surface area contributed by atoms with Gasteiger partial charge in [0.05, 0.1) is 0 Å². The lowest BCUT2D eigenvalue weighted by molar-refractivity contribution is 0.348. The van der Waals surface area contributed by atoms with Gasteiger partial charge in [0, 0.05) is 71.3 Å². The van der Waals surface area contributed by atoms with Crippen LogP contribution >= 0.6 is 0 Å². The van der Waals surface area contributed by atoms with Crippen LogP contribution in [0.15, 0.2) is 104 Å². The van der Waals surface area contributed by atoms with Crippen LogP contribution in [-0.2, 0) is 25.9 Å². The van der Waals surface area contributed by atoms with E-state index < -0.39 is 11.6 Å². The van der Waals surface area contributed by atoms with Gasteiger partial charge in [-0.05, 0) is 123 Å². The molecule has 1 atom stereocenters. The highest BCUT2D eigenvalue weighted by atomic mass is 19.1. The number of aryl methyl sites for hydroxylation is 2. The second kappa shape index (κ2) is 18.6. The molecule has 4 aromatic carbocycles. The first-order valence-electron chi connectivity index (χ1n) is 18.4. The summed E-state index contributed by atoms with van der Waals surface area (Å²) in [5.74, 6) is -0.632. The Kier molecular flexibility index (Phi) is 14.3. The van der Waals surface area contributed by atoms with Crippen molar-refractivity contribution in [1.29, 1.82) is 0 Å². The number of hydrogen-bond donors (Lipinski definition) is 6. The van der Waals surface area contributed by atoms with Crippen LogP contribution in [0.25, 0.3) is 5.70 Å². The third kappa shape index (κ3) is 12.2. The molecule has 0 aromatic heterocycles.